The number of amides is 1. The smallest absolute Gasteiger partial charge is 0.349 e. The van der Waals surface area contributed by atoms with Crippen LogP contribution >= 0.6 is 11.3 Å². The Bertz CT molecular complexity index is 359. The van der Waals surface area contributed by atoms with Crippen molar-refractivity contribution in [2.75, 3.05) is 0 Å². The van der Waals surface area contributed by atoms with E-state index in [1.165, 1.54) is 0 Å². The molecule has 15 heavy (non-hydrogen) atoms. The number of hydrogen-bond donors (Lipinski definition) is 1. The number of aromatic nitrogens is 1. The first kappa shape index (κ1) is 12.0. The molecule has 1 N–H and O–H groups in total. The summed E-state index contributed by atoms with van der Waals surface area (Å²) < 4.78 is 36.4. The molecule has 0 fully saturated rings. The maximum Gasteiger partial charge on any atom is 0.443 e. The summed E-state index contributed by atoms with van der Waals surface area (Å²) in [7, 11) is 0. The number of thiazole rings is 1. The van der Waals surface area contributed by atoms with Crippen LogP contribution in [-0.2, 0) is 6.18 Å². The van der Waals surface area contributed by atoms with Gasteiger partial charge in [-0.3, -0.25) is 4.79 Å². The van der Waals surface area contributed by atoms with Crippen LogP contribution in [0.3, 0.4) is 0 Å². The van der Waals surface area contributed by atoms with Gasteiger partial charge in [0, 0.05) is 11.4 Å². The van der Waals surface area contributed by atoms with Crippen LogP contribution in [0.2, 0.25) is 0 Å². The number of halogens is 3. The van der Waals surface area contributed by atoms with Crippen molar-refractivity contribution in [2.24, 2.45) is 0 Å². The highest BCUT2D eigenvalue weighted by atomic mass is 32.1. The summed E-state index contributed by atoms with van der Waals surface area (Å²) in [6.45, 7) is 3.43. The summed E-state index contributed by atoms with van der Waals surface area (Å²) in [6.07, 6.45) is -4.49. The Kier molecular flexibility index (Phi) is 3.33. The monoisotopic (exact) mass is 238 g/mol. The largest absolute Gasteiger partial charge is 0.443 e. The van der Waals surface area contributed by atoms with Gasteiger partial charge in [-0.1, -0.05) is 0 Å². The summed E-state index contributed by atoms with van der Waals surface area (Å²) in [5.74, 6) is -0.586. The summed E-state index contributed by atoms with van der Waals surface area (Å²) in [5.41, 5.74) is -0.193. The molecule has 0 bridgehead atoms. The van der Waals surface area contributed by atoms with Crippen molar-refractivity contribution in [1.29, 1.82) is 0 Å². The molecule has 0 aliphatic heterocycles. The second-order valence-corrected chi connectivity index (χ2v) is 4.02. The van der Waals surface area contributed by atoms with Crippen LogP contribution in [-0.4, -0.2) is 16.9 Å². The van der Waals surface area contributed by atoms with Gasteiger partial charge in [0.15, 0.2) is 5.01 Å². The molecule has 84 valence electrons. The van der Waals surface area contributed by atoms with Crippen LogP contribution in [0.25, 0.3) is 0 Å². The zero-order valence-corrected chi connectivity index (χ0v) is 8.87. The molecule has 0 radical (unpaired) electrons. The van der Waals surface area contributed by atoms with Crippen LogP contribution in [0.15, 0.2) is 5.38 Å². The van der Waals surface area contributed by atoms with E-state index in [-0.39, 0.29) is 11.7 Å². The Morgan fingerprint density at radius 2 is 2.13 bits per heavy atom. The summed E-state index contributed by atoms with van der Waals surface area (Å²) in [6, 6.07) is -0.131. The fraction of sp³-hybridized carbons (Fsp3) is 0.500. The highest BCUT2D eigenvalue weighted by Crippen LogP contribution is 2.31. The Labute approximate surface area is 88.3 Å². The van der Waals surface area contributed by atoms with E-state index in [0.29, 0.717) is 11.3 Å². The zero-order chi connectivity index (χ0) is 11.6. The highest BCUT2D eigenvalue weighted by molar-refractivity contribution is 7.09. The number of alkyl halides is 3. The van der Waals surface area contributed by atoms with Crippen molar-refractivity contribution >= 4 is 17.2 Å². The van der Waals surface area contributed by atoms with E-state index in [9.17, 15) is 18.0 Å². The Balaban J connectivity index is 2.81. The highest BCUT2D eigenvalue weighted by Gasteiger charge is 2.35. The van der Waals surface area contributed by atoms with E-state index in [2.05, 4.69) is 10.3 Å². The van der Waals surface area contributed by atoms with E-state index in [1.807, 2.05) is 0 Å². The fourth-order valence-corrected chi connectivity index (χ4v) is 1.51. The molecule has 0 saturated carbocycles. The molecule has 1 aromatic heterocycles. The lowest BCUT2D eigenvalue weighted by Gasteiger charge is -2.05. The molecule has 0 spiro atoms. The summed E-state index contributed by atoms with van der Waals surface area (Å²) in [4.78, 5) is 14.5. The Morgan fingerprint density at radius 3 is 2.53 bits per heavy atom. The molecule has 0 aromatic carbocycles. The van der Waals surface area contributed by atoms with Crippen molar-refractivity contribution < 1.29 is 18.0 Å². The van der Waals surface area contributed by atoms with Crippen molar-refractivity contribution in [3.05, 3.63) is 16.1 Å². The quantitative estimate of drug-likeness (QED) is 0.859. The van der Waals surface area contributed by atoms with Gasteiger partial charge in [-0.2, -0.15) is 13.2 Å². The van der Waals surface area contributed by atoms with E-state index in [1.54, 1.807) is 13.8 Å². The Hall–Kier alpha value is -1.11. The normalized spacial score (nSPS) is 11.9. The van der Waals surface area contributed by atoms with Crippen LogP contribution < -0.4 is 5.32 Å². The van der Waals surface area contributed by atoms with Crippen LogP contribution in [0.1, 0.15) is 29.3 Å². The molecule has 0 unspecified atom stereocenters. The van der Waals surface area contributed by atoms with Crippen molar-refractivity contribution in [3.8, 4) is 0 Å². The molecule has 1 aromatic rings. The number of hydrogen-bond acceptors (Lipinski definition) is 3. The predicted molar refractivity (Wildman–Crippen MR) is 49.7 cm³/mol. The van der Waals surface area contributed by atoms with E-state index in [4.69, 9.17) is 0 Å². The lowest BCUT2D eigenvalue weighted by Crippen LogP contribution is -2.30. The van der Waals surface area contributed by atoms with Crippen LogP contribution in [0.5, 0.6) is 0 Å². The van der Waals surface area contributed by atoms with Gasteiger partial charge in [-0.25, -0.2) is 4.98 Å². The minimum atomic E-state index is -4.49. The van der Waals surface area contributed by atoms with Gasteiger partial charge >= 0.3 is 6.18 Å². The third-order valence-electron chi connectivity index (χ3n) is 1.40. The first-order valence-electron chi connectivity index (χ1n) is 4.14. The predicted octanol–water partition coefficient (Wildman–Crippen LogP) is 2.30. The summed E-state index contributed by atoms with van der Waals surface area (Å²) in [5, 5.41) is 2.56. The lowest BCUT2D eigenvalue weighted by molar-refractivity contribution is -0.137. The van der Waals surface area contributed by atoms with Gasteiger partial charge < -0.3 is 5.32 Å². The van der Waals surface area contributed by atoms with E-state index >= 15 is 0 Å². The van der Waals surface area contributed by atoms with Crippen LogP contribution in [0, 0.1) is 0 Å². The van der Waals surface area contributed by atoms with Crippen molar-refractivity contribution in [2.45, 2.75) is 26.1 Å². The van der Waals surface area contributed by atoms with Crippen molar-refractivity contribution in [3.63, 3.8) is 0 Å². The molecule has 1 rings (SSSR count). The van der Waals surface area contributed by atoms with Crippen LogP contribution in [0.4, 0.5) is 13.2 Å². The van der Waals surface area contributed by atoms with E-state index in [0.717, 1.165) is 5.38 Å². The SMILES string of the molecule is CC(C)NC(=O)c1csc(C(F)(F)F)n1. The van der Waals surface area contributed by atoms with Gasteiger partial charge in [0.1, 0.15) is 5.69 Å². The van der Waals surface area contributed by atoms with Gasteiger partial charge in [-0.15, -0.1) is 11.3 Å². The summed E-state index contributed by atoms with van der Waals surface area (Å²) >= 11 is 0.415. The Morgan fingerprint density at radius 1 is 1.53 bits per heavy atom. The van der Waals surface area contributed by atoms with Gasteiger partial charge in [0.25, 0.3) is 5.91 Å². The average molecular weight is 238 g/mol. The molecular weight excluding hydrogens is 229 g/mol. The molecule has 0 atom stereocenters. The van der Waals surface area contributed by atoms with Gasteiger partial charge in [0.05, 0.1) is 0 Å². The zero-order valence-electron chi connectivity index (χ0n) is 8.05. The number of rotatable bonds is 2. The number of carbonyl (C=O) groups excluding carboxylic acids is 1. The molecule has 3 nitrogen and oxygen atoms in total. The molecule has 1 amide bonds. The van der Waals surface area contributed by atoms with Crippen molar-refractivity contribution in [1.82, 2.24) is 10.3 Å². The molecule has 7 heteroatoms. The number of nitrogens with one attached hydrogen (secondary N) is 1. The number of nitrogens with zero attached hydrogens (tertiary/aromatic N) is 1. The second-order valence-electron chi connectivity index (χ2n) is 3.16. The minimum Gasteiger partial charge on any atom is -0.349 e. The third-order valence-corrected chi connectivity index (χ3v) is 2.29. The average Bonchev–Trinajstić information content (AvgIpc) is 2.48. The van der Waals surface area contributed by atoms with Gasteiger partial charge in [-0.05, 0) is 13.8 Å². The minimum absolute atomic E-state index is 0.131. The topological polar surface area (TPSA) is 42.0 Å². The first-order chi connectivity index (χ1) is 6.80. The second kappa shape index (κ2) is 4.18. The first-order valence-corrected chi connectivity index (χ1v) is 5.02. The molecular formula is C8H9F3N2OS. The maximum absolute atomic E-state index is 12.1. The van der Waals surface area contributed by atoms with Gasteiger partial charge in [0.2, 0.25) is 0 Å². The number of carbonyl (C=O) groups is 1. The molecule has 0 saturated heterocycles. The maximum atomic E-state index is 12.1. The molecule has 0 aliphatic rings. The fourth-order valence-electron chi connectivity index (χ4n) is 0.844. The molecule has 0 aliphatic carbocycles. The third kappa shape index (κ3) is 3.19. The van der Waals surface area contributed by atoms with E-state index < -0.39 is 17.1 Å². The standard InChI is InChI=1S/C8H9F3N2OS/c1-4(2)12-6(14)5-3-15-7(13-5)8(9,10)11/h3-4H,1-2H3,(H,12,14). The lowest BCUT2D eigenvalue weighted by atomic mass is 10.3. The molecule has 1 heterocycles.